The van der Waals surface area contributed by atoms with Gasteiger partial charge in [0, 0.05) is 21.8 Å². The summed E-state index contributed by atoms with van der Waals surface area (Å²) in [6, 6.07) is 11.6. The van der Waals surface area contributed by atoms with Crippen molar-refractivity contribution in [2.75, 3.05) is 5.32 Å². The molecule has 4 rings (SSSR count). The van der Waals surface area contributed by atoms with Gasteiger partial charge in [-0.05, 0) is 64.3 Å². The molecule has 0 saturated heterocycles. The van der Waals surface area contributed by atoms with Crippen LogP contribution < -0.4 is 5.32 Å². The summed E-state index contributed by atoms with van der Waals surface area (Å²) in [7, 11) is 0. The number of oxazole rings is 1. The molecule has 142 valence electrons. The number of nitrogens with zero attached hydrogens (tertiary/aromatic N) is 2. The molecule has 1 atom stereocenters. The van der Waals surface area contributed by atoms with Crippen LogP contribution >= 0.6 is 39.1 Å². The predicted molar refractivity (Wildman–Crippen MR) is 113 cm³/mol. The van der Waals surface area contributed by atoms with Gasteiger partial charge in [-0.2, -0.15) is 4.98 Å². The molecule has 4 aromatic rings. The molecule has 0 radical (unpaired) electrons. The van der Waals surface area contributed by atoms with Gasteiger partial charge in [-0.15, -0.1) is 0 Å². The first-order valence-corrected chi connectivity index (χ1v) is 9.85. The Morgan fingerprint density at radius 3 is 2.71 bits per heavy atom. The molecule has 1 N–H and O–H groups in total. The van der Waals surface area contributed by atoms with Crippen molar-refractivity contribution in [1.29, 1.82) is 0 Å². The van der Waals surface area contributed by atoms with E-state index in [9.17, 15) is 4.39 Å². The highest BCUT2D eigenvalue weighted by molar-refractivity contribution is 9.10. The number of benzene rings is 2. The fraction of sp³-hybridized carbons (Fsp3) is 0.100. The zero-order chi connectivity index (χ0) is 19.8. The number of aryl methyl sites for hydroxylation is 1. The van der Waals surface area contributed by atoms with Crippen LogP contribution in [-0.2, 0) is 0 Å². The van der Waals surface area contributed by atoms with Crippen molar-refractivity contribution in [3.8, 4) is 0 Å². The third-order valence-corrected chi connectivity index (χ3v) is 5.23. The van der Waals surface area contributed by atoms with E-state index < -0.39 is 11.9 Å². The maximum Gasteiger partial charge on any atom is 0.296 e. The van der Waals surface area contributed by atoms with Crippen molar-refractivity contribution in [3.05, 3.63) is 85.8 Å². The number of nitrogens with one attached hydrogen (secondary N) is 1. The van der Waals surface area contributed by atoms with E-state index in [-0.39, 0.29) is 11.0 Å². The molecule has 0 aliphatic rings. The number of rotatable bonds is 4. The van der Waals surface area contributed by atoms with Crippen LogP contribution in [0.4, 0.5) is 10.4 Å². The van der Waals surface area contributed by atoms with E-state index in [1.54, 1.807) is 30.5 Å². The van der Waals surface area contributed by atoms with Gasteiger partial charge >= 0.3 is 0 Å². The Morgan fingerprint density at radius 2 is 1.96 bits per heavy atom. The minimum absolute atomic E-state index is 0.0551. The standard InChI is InChI=1S/C20H13BrCl2FN3O/c1-10-6-12(21)9-25-18(10)19(11-2-4-14(23)15(24)7-11)27-20-26-16-5-3-13(22)8-17(16)28-20/h2-9,19H,1H3,(H,26,27)/t19-/m0/s1. The lowest BCUT2D eigenvalue weighted by atomic mass is 10.00. The maximum absolute atomic E-state index is 14.1. The highest BCUT2D eigenvalue weighted by Crippen LogP contribution is 2.32. The van der Waals surface area contributed by atoms with Crippen LogP contribution in [0.2, 0.25) is 10.0 Å². The van der Waals surface area contributed by atoms with Gasteiger partial charge in [0.05, 0.1) is 16.8 Å². The number of anilines is 1. The SMILES string of the molecule is Cc1cc(Br)cnc1[C@@H](Nc1nc2ccc(Cl)cc2o1)c1ccc(Cl)c(F)c1. The third-order valence-electron chi connectivity index (χ3n) is 4.25. The highest BCUT2D eigenvalue weighted by atomic mass is 79.9. The van der Waals surface area contributed by atoms with E-state index in [1.807, 2.05) is 13.0 Å². The zero-order valence-corrected chi connectivity index (χ0v) is 17.6. The first-order valence-electron chi connectivity index (χ1n) is 8.30. The Kier molecular flexibility index (Phi) is 5.27. The largest absolute Gasteiger partial charge is 0.423 e. The van der Waals surface area contributed by atoms with Crippen molar-refractivity contribution in [2.24, 2.45) is 0 Å². The first kappa shape index (κ1) is 19.2. The van der Waals surface area contributed by atoms with Gasteiger partial charge in [0.25, 0.3) is 6.01 Å². The van der Waals surface area contributed by atoms with E-state index in [2.05, 4.69) is 31.2 Å². The van der Waals surface area contributed by atoms with Crippen LogP contribution in [0.25, 0.3) is 11.1 Å². The molecule has 2 heterocycles. The molecule has 2 aromatic heterocycles. The molecule has 2 aromatic carbocycles. The number of aromatic nitrogens is 2. The molecule has 0 amide bonds. The van der Waals surface area contributed by atoms with Crippen LogP contribution in [0.1, 0.15) is 22.9 Å². The average molecular weight is 481 g/mol. The quantitative estimate of drug-likeness (QED) is 0.343. The highest BCUT2D eigenvalue weighted by Gasteiger charge is 2.22. The minimum Gasteiger partial charge on any atom is -0.423 e. The molecule has 4 nitrogen and oxygen atoms in total. The van der Waals surface area contributed by atoms with Gasteiger partial charge in [-0.3, -0.25) is 4.98 Å². The van der Waals surface area contributed by atoms with E-state index in [1.165, 1.54) is 12.1 Å². The van der Waals surface area contributed by atoms with E-state index in [4.69, 9.17) is 27.6 Å². The van der Waals surface area contributed by atoms with Gasteiger partial charge in [0.2, 0.25) is 0 Å². The van der Waals surface area contributed by atoms with E-state index >= 15 is 0 Å². The van der Waals surface area contributed by atoms with Gasteiger partial charge < -0.3 is 9.73 Å². The van der Waals surface area contributed by atoms with Crippen LogP contribution in [0.5, 0.6) is 0 Å². The summed E-state index contributed by atoms with van der Waals surface area (Å²) in [5.41, 5.74) is 3.48. The van der Waals surface area contributed by atoms with Crippen molar-refractivity contribution in [2.45, 2.75) is 13.0 Å². The summed E-state index contributed by atoms with van der Waals surface area (Å²) in [6.07, 6.45) is 1.69. The Balaban J connectivity index is 1.80. The molecule has 28 heavy (non-hydrogen) atoms. The fourth-order valence-electron chi connectivity index (χ4n) is 2.94. The van der Waals surface area contributed by atoms with E-state index in [0.29, 0.717) is 27.4 Å². The molecule has 0 aliphatic heterocycles. The third kappa shape index (κ3) is 3.85. The van der Waals surface area contributed by atoms with Crippen LogP contribution in [0.15, 0.2) is 57.6 Å². The second-order valence-corrected chi connectivity index (χ2v) is 8.00. The van der Waals surface area contributed by atoms with Crippen molar-refractivity contribution in [3.63, 3.8) is 0 Å². The predicted octanol–water partition coefficient (Wildman–Crippen LogP) is 6.94. The second kappa shape index (κ2) is 7.70. The van der Waals surface area contributed by atoms with E-state index in [0.717, 1.165) is 10.0 Å². The average Bonchev–Trinajstić information content (AvgIpc) is 3.04. The Morgan fingerprint density at radius 1 is 1.14 bits per heavy atom. The summed E-state index contributed by atoms with van der Waals surface area (Å²) >= 11 is 15.3. The summed E-state index contributed by atoms with van der Waals surface area (Å²) < 4.78 is 20.8. The van der Waals surface area contributed by atoms with Crippen LogP contribution in [-0.4, -0.2) is 9.97 Å². The van der Waals surface area contributed by atoms with Gasteiger partial charge in [-0.1, -0.05) is 29.3 Å². The Bertz CT molecular complexity index is 1180. The lowest BCUT2D eigenvalue weighted by Crippen LogP contribution is -2.16. The number of pyridine rings is 1. The van der Waals surface area contributed by atoms with Crippen LogP contribution in [0, 0.1) is 12.7 Å². The Labute approximate surface area is 178 Å². The summed E-state index contributed by atoms with van der Waals surface area (Å²) in [6.45, 7) is 1.93. The minimum atomic E-state index is -0.509. The maximum atomic E-state index is 14.1. The number of hydrogen-bond donors (Lipinski definition) is 1. The summed E-state index contributed by atoms with van der Waals surface area (Å²) in [5, 5.41) is 3.83. The van der Waals surface area contributed by atoms with Crippen molar-refractivity contribution in [1.82, 2.24) is 9.97 Å². The molecule has 8 heteroatoms. The number of fused-ring (bicyclic) bond motifs is 1. The lowest BCUT2D eigenvalue weighted by molar-refractivity contribution is 0.602. The topological polar surface area (TPSA) is 51.0 Å². The Hall–Kier alpha value is -2.15. The molecule has 0 aliphatic carbocycles. The van der Waals surface area contributed by atoms with Gasteiger partial charge in [-0.25, -0.2) is 4.39 Å². The molecular weight excluding hydrogens is 468 g/mol. The molecule has 0 saturated carbocycles. The first-order chi connectivity index (χ1) is 13.4. The lowest BCUT2D eigenvalue weighted by Gasteiger charge is -2.20. The fourth-order valence-corrected chi connectivity index (χ4v) is 3.66. The van der Waals surface area contributed by atoms with Gasteiger partial charge in [0.1, 0.15) is 11.3 Å². The smallest absolute Gasteiger partial charge is 0.296 e. The molecular formula is C20H13BrCl2FN3O. The molecule has 0 unspecified atom stereocenters. The van der Waals surface area contributed by atoms with Crippen molar-refractivity contribution < 1.29 is 8.81 Å². The normalized spacial score (nSPS) is 12.3. The molecule has 0 bridgehead atoms. The van der Waals surface area contributed by atoms with Crippen molar-refractivity contribution >= 4 is 56.2 Å². The number of hydrogen-bond acceptors (Lipinski definition) is 4. The number of halogens is 4. The summed E-state index contributed by atoms with van der Waals surface area (Å²) in [5.74, 6) is -0.509. The monoisotopic (exact) mass is 479 g/mol. The molecule has 0 spiro atoms. The zero-order valence-electron chi connectivity index (χ0n) is 14.5. The van der Waals surface area contributed by atoms with Gasteiger partial charge in [0.15, 0.2) is 5.58 Å². The summed E-state index contributed by atoms with van der Waals surface area (Å²) in [4.78, 5) is 8.95. The van der Waals surface area contributed by atoms with Crippen LogP contribution in [0.3, 0.4) is 0 Å². The second-order valence-electron chi connectivity index (χ2n) is 6.24. The molecule has 0 fully saturated rings.